The summed E-state index contributed by atoms with van der Waals surface area (Å²) >= 11 is 0. The van der Waals surface area contributed by atoms with Crippen molar-refractivity contribution in [3.05, 3.63) is 0 Å². The summed E-state index contributed by atoms with van der Waals surface area (Å²) in [4.78, 5) is 46.1. The van der Waals surface area contributed by atoms with E-state index in [0.29, 0.717) is 13.0 Å². The molecule has 0 aromatic heterocycles. The van der Waals surface area contributed by atoms with Crippen LogP contribution in [0, 0.1) is 0 Å². The van der Waals surface area contributed by atoms with Crippen molar-refractivity contribution in [1.29, 1.82) is 0 Å². The fourth-order valence-corrected chi connectivity index (χ4v) is 2.72. The molecule has 0 bridgehead atoms. The Hall–Kier alpha value is -2.24. The zero-order chi connectivity index (χ0) is 21.3. The van der Waals surface area contributed by atoms with E-state index < -0.39 is 54.5 Å². The second kappa shape index (κ2) is 11.6. The Bertz CT molecular complexity index is 569. The van der Waals surface area contributed by atoms with Gasteiger partial charge in [0.15, 0.2) is 18.5 Å². The maximum absolute atomic E-state index is 11.7. The van der Waals surface area contributed by atoms with Gasteiger partial charge in [-0.15, -0.1) is 0 Å². The summed E-state index contributed by atoms with van der Waals surface area (Å²) in [5.41, 5.74) is 5.46. The van der Waals surface area contributed by atoms with E-state index in [1.807, 2.05) is 0 Å². The molecule has 160 valence electrons. The Morgan fingerprint density at radius 3 is 2.07 bits per heavy atom. The molecule has 11 heteroatoms. The fraction of sp³-hybridized carbons (Fsp3) is 0.765. The highest BCUT2D eigenvalue weighted by molar-refractivity contribution is 5.73. The summed E-state index contributed by atoms with van der Waals surface area (Å²) < 4.78 is 27.0. The molecule has 11 nitrogen and oxygen atoms in total. The van der Waals surface area contributed by atoms with Crippen molar-refractivity contribution in [3.8, 4) is 0 Å². The zero-order valence-electron chi connectivity index (χ0n) is 16.5. The normalized spacial score (nSPS) is 26.8. The Balaban J connectivity index is 3.21. The number of rotatable bonds is 9. The maximum atomic E-state index is 11.7. The number of hydrogen-bond acceptors (Lipinski definition) is 10. The van der Waals surface area contributed by atoms with Crippen LogP contribution < -0.4 is 11.1 Å². The van der Waals surface area contributed by atoms with E-state index >= 15 is 0 Å². The molecule has 1 aliphatic heterocycles. The van der Waals surface area contributed by atoms with Crippen LogP contribution in [0.1, 0.15) is 34.1 Å². The minimum absolute atomic E-state index is 0.211. The van der Waals surface area contributed by atoms with Gasteiger partial charge in [-0.1, -0.05) is 0 Å². The lowest BCUT2D eigenvalue weighted by atomic mass is 9.96. The van der Waals surface area contributed by atoms with Crippen molar-refractivity contribution in [3.63, 3.8) is 0 Å². The highest BCUT2D eigenvalue weighted by Gasteiger charge is 2.51. The molecule has 0 aromatic rings. The van der Waals surface area contributed by atoms with Gasteiger partial charge in [0.1, 0.15) is 18.8 Å². The van der Waals surface area contributed by atoms with E-state index in [0.717, 1.165) is 0 Å². The van der Waals surface area contributed by atoms with Crippen molar-refractivity contribution in [2.75, 3.05) is 19.8 Å². The van der Waals surface area contributed by atoms with E-state index in [2.05, 4.69) is 5.32 Å². The van der Waals surface area contributed by atoms with Gasteiger partial charge in [-0.25, -0.2) is 0 Å². The first-order valence-electron chi connectivity index (χ1n) is 8.87. The van der Waals surface area contributed by atoms with Gasteiger partial charge in [0.25, 0.3) is 0 Å². The Morgan fingerprint density at radius 1 is 0.964 bits per heavy atom. The smallest absolute Gasteiger partial charge is 0.303 e. The van der Waals surface area contributed by atoms with Crippen LogP contribution in [0.4, 0.5) is 0 Å². The highest BCUT2D eigenvalue weighted by Crippen LogP contribution is 2.28. The zero-order valence-corrected chi connectivity index (χ0v) is 16.5. The van der Waals surface area contributed by atoms with Gasteiger partial charge in [-0.05, 0) is 13.0 Å². The number of carbonyl (C=O) groups excluding carboxylic acids is 4. The van der Waals surface area contributed by atoms with Crippen molar-refractivity contribution >= 4 is 23.8 Å². The second-order valence-corrected chi connectivity index (χ2v) is 6.23. The molecule has 1 fully saturated rings. The molecule has 3 N–H and O–H groups in total. The molecule has 0 saturated carbocycles. The average Bonchev–Trinajstić information content (AvgIpc) is 2.57. The van der Waals surface area contributed by atoms with Gasteiger partial charge in [0, 0.05) is 27.7 Å². The minimum Gasteiger partial charge on any atom is -0.463 e. The lowest BCUT2D eigenvalue weighted by Crippen LogP contribution is -2.66. The van der Waals surface area contributed by atoms with E-state index in [9.17, 15) is 19.2 Å². The number of carbonyl (C=O) groups is 4. The van der Waals surface area contributed by atoms with Crippen LogP contribution in [0.25, 0.3) is 0 Å². The van der Waals surface area contributed by atoms with Gasteiger partial charge in [0.2, 0.25) is 5.91 Å². The van der Waals surface area contributed by atoms with E-state index in [1.54, 1.807) is 0 Å². The molecule has 1 heterocycles. The van der Waals surface area contributed by atoms with Gasteiger partial charge >= 0.3 is 17.9 Å². The Morgan fingerprint density at radius 2 is 1.57 bits per heavy atom. The summed E-state index contributed by atoms with van der Waals surface area (Å²) in [5, 5.41) is 2.61. The van der Waals surface area contributed by atoms with E-state index in [-0.39, 0.29) is 13.2 Å². The van der Waals surface area contributed by atoms with Gasteiger partial charge in [0.05, 0.1) is 6.61 Å². The van der Waals surface area contributed by atoms with Crippen LogP contribution in [-0.4, -0.2) is 74.2 Å². The molecular formula is C17H28N2O9. The lowest BCUT2D eigenvalue weighted by molar-refractivity contribution is -0.277. The first-order valence-corrected chi connectivity index (χ1v) is 8.87. The first-order chi connectivity index (χ1) is 13.1. The van der Waals surface area contributed by atoms with Crippen LogP contribution in [0.15, 0.2) is 0 Å². The molecule has 28 heavy (non-hydrogen) atoms. The number of nitrogens with one attached hydrogen (secondary N) is 1. The summed E-state index contributed by atoms with van der Waals surface area (Å²) in [7, 11) is 0. The second-order valence-electron chi connectivity index (χ2n) is 6.23. The fourth-order valence-electron chi connectivity index (χ4n) is 2.72. The molecule has 1 rings (SSSR count). The topological polar surface area (TPSA) is 152 Å². The number of hydrogen-bond donors (Lipinski definition) is 2. The number of nitrogens with two attached hydrogens (primary N) is 1. The van der Waals surface area contributed by atoms with E-state index in [1.165, 1.54) is 27.7 Å². The van der Waals surface area contributed by atoms with Gasteiger partial charge in [-0.3, -0.25) is 19.2 Å². The first kappa shape index (κ1) is 23.8. The number of esters is 3. The van der Waals surface area contributed by atoms with Crippen molar-refractivity contribution in [2.24, 2.45) is 5.73 Å². The van der Waals surface area contributed by atoms with Crippen molar-refractivity contribution in [2.45, 2.75) is 64.8 Å². The molecule has 1 saturated heterocycles. The molecule has 0 radical (unpaired) electrons. The monoisotopic (exact) mass is 404 g/mol. The third-order valence-corrected chi connectivity index (χ3v) is 3.70. The van der Waals surface area contributed by atoms with Crippen LogP contribution in [-0.2, 0) is 42.9 Å². The van der Waals surface area contributed by atoms with Crippen molar-refractivity contribution < 1.29 is 42.9 Å². The van der Waals surface area contributed by atoms with Gasteiger partial charge in [-0.2, -0.15) is 0 Å². The SMILES string of the molecule is CC(=O)N[C@H]1[C@H](OCCCN)O[C@H](COC(C)=O)[C@@H](OC(C)=O)[C@@H]1OC(C)=O. The average molecular weight is 404 g/mol. The molecule has 0 aromatic carbocycles. The quantitative estimate of drug-likeness (QED) is 0.278. The van der Waals surface area contributed by atoms with Crippen LogP contribution >= 0.6 is 0 Å². The molecule has 0 unspecified atom stereocenters. The largest absolute Gasteiger partial charge is 0.463 e. The minimum atomic E-state index is -1.13. The maximum Gasteiger partial charge on any atom is 0.303 e. The summed E-state index contributed by atoms with van der Waals surface area (Å²) in [6.45, 7) is 5.15. The van der Waals surface area contributed by atoms with Crippen LogP contribution in [0.2, 0.25) is 0 Å². The molecule has 0 spiro atoms. The van der Waals surface area contributed by atoms with Crippen LogP contribution in [0.5, 0.6) is 0 Å². The molecule has 5 atom stereocenters. The third kappa shape index (κ3) is 7.79. The molecule has 1 aliphatic rings. The molecular weight excluding hydrogens is 376 g/mol. The molecule has 0 aliphatic carbocycles. The Kier molecular flexibility index (Phi) is 9.83. The third-order valence-electron chi connectivity index (χ3n) is 3.70. The summed E-state index contributed by atoms with van der Waals surface area (Å²) in [5.74, 6) is -2.33. The summed E-state index contributed by atoms with van der Waals surface area (Å²) in [6, 6.07) is -0.961. The lowest BCUT2D eigenvalue weighted by Gasteiger charge is -2.44. The number of amides is 1. The predicted molar refractivity (Wildman–Crippen MR) is 93.6 cm³/mol. The number of ether oxygens (including phenoxy) is 5. The van der Waals surface area contributed by atoms with Crippen LogP contribution in [0.3, 0.4) is 0 Å². The summed E-state index contributed by atoms with van der Waals surface area (Å²) in [6.07, 6.45) is -3.76. The van der Waals surface area contributed by atoms with E-state index in [4.69, 9.17) is 29.4 Å². The standard InChI is InChI=1S/C17H28N2O9/c1-9(20)19-14-16(27-12(4)23)15(26-11(3)22)13(8-25-10(2)21)28-17(14)24-7-5-6-18/h13-17H,5-8,18H2,1-4H3,(H,19,20)/t13-,14-,15-,16-,17-/m1/s1. The Labute approximate surface area is 163 Å². The highest BCUT2D eigenvalue weighted by atomic mass is 16.7. The van der Waals surface area contributed by atoms with Crippen molar-refractivity contribution in [1.82, 2.24) is 5.32 Å². The molecule has 1 amide bonds. The predicted octanol–water partition coefficient (Wildman–Crippen LogP) is -0.992. The van der Waals surface area contributed by atoms with Gasteiger partial charge < -0.3 is 34.7 Å².